The Labute approximate surface area is 187 Å². The highest BCUT2D eigenvalue weighted by Gasteiger charge is 2.54. The lowest BCUT2D eigenvalue weighted by atomic mass is 9.49. The predicted molar refractivity (Wildman–Crippen MR) is 121 cm³/mol. The molecule has 4 fully saturated rings. The van der Waals surface area contributed by atoms with Crippen molar-refractivity contribution in [1.29, 1.82) is 0 Å². The molecule has 6 nitrogen and oxygen atoms in total. The van der Waals surface area contributed by atoms with Crippen LogP contribution in [-0.4, -0.2) is 27.9 Å². The van der Waals surface area contributed by atoms with Crippen molar-refractivity contribution in [1.82, 2.24) is 14.9 Å². The van der Waals surface area contributed by atoms with Gasteiger partial charge in [-0.1, -0.05) is 12.1 Å². The second kappa shape index (κ2) is 8.34. The molecule has 0 aliphatic heterocycles. The van der Waals surface area contributed by atoms with E-state index in [1.165, 1.54) is 31.0 Å². The van der Waals surface area contributed by atoms with Gasteiger partial charge in [0.2, 0.25) is 11.8 Å². The van der Waals surface area contributed by atoms with Gasteiger partial charge in [0.15, 0.2) is 5.16 Å². The lowest BCUT2D eigenvalue weighted by molar-refractivity contribution is -0.146. The highest BCUT2D eigenvalue weighted by molar-refractivity contribution is 7.99. The molecule has 4 aliphatic carbocycles. The molecule has 4 aliphatic rings. The summed E-state index contributed by atoms with van der Waals surface area (Å²) < 4.78 is 1.95. The van der Waals surface area contributed by atoms with Crippen LogP contribution in [0, 0.1) is 23.2 Å². The van der Waals surface area contributed by atoms with Gasteiger partial charge in [-0.2, -0.15) is 0 Å². The lowest BCUT2D eigenvalue weighted by Crippen LogP contribution is -2.53. The Balaban J connectivity index is 1.14. The Bertz CT molecular complexity index is 950. The van der Waals surface area contributed by atoms with Gasteiger partial charge >= 0.3 is 0 Å². The molecular formula is C24H30N4O2S. The number of aromatic nitrogens is 2. The molecule has 2 N–H and O–H groups in total. The number of para-hydroxylation sites is 1. The van der Waals surface area contributed by atoms with Gasteiger partial charge in [-0.05, 0) is 80.2 Å². The molecule has 2 aromatic rings. The van der Waals surface area contributed by atoms with Gasteiger partial charge in [0.05, 0.1) is 5.69 Å². The van der Waals surface area contributed by atoms with E-state index in [0.29, 0.717) is 6.54 Å². The predicted octanol–water partition coefficient (Wildman–Crippen LogP) is 4.23. The third-order valence-electron chi connectivity index (χ3n) is 7.30. The minimum Gasteiger partial charge on any atom is -0.355 e. The average molecular weight is 439 g/mol. The Morgan fingerprint density at radius 2 is 1.81 bits per heavy atom. The molecule has 0 saturated heterocycles. The fraction of sp³-hybridized carbons (Fsp3) is 0.542. The first-order valence-electron chi connectivity index (χ1n) is 11.3. The van der Waals surface area contributed by atoms with Crippen LogP contribution in [0.1, 0.15) is 44.9 Å². The number of carbonyl (C=O) groups is 2. The number of nitrogens with one attached hydrogen (secondary N) is 2. The number of carbonyl (C=O) groups excluding carboxylic acids is 2. The van der Waals surface area contributed by atoms with Crippen LogP contribution < -0.4 is 10.6 Å². The van der Waals surface area contributed by atoms with E-state index in [4.69, 9.17) is 0 Å². The second-order valence-electron chi connectivity index (χ2n) is 9.67. The summed E-state index contributed by atoms with van der Waals surface area (Å²) in [6.07, 6.45) is 11.1. The van der Waals surface area contributed by atoms with E-state index in [1.54, 1.807) is 6.20 Å². The van der Waals surface area contributed by atoms with E-state index < -0.39 is 0 Å². The van der Waals surface area contributed by atoms with Gasteiger partial charge in [0.1, 0.15) is 0 Å². The van der Waals surface area contributed by atoms with E-state index in [9.17, 15) is 9.59 Å². The maximum atomic E-state index is 13.0. The SMILES string of the molecule is Cn1ccnc1Sc1ccccc1NC(=O)CCNC(=O)C12CC3CC(CC(C3)C1)C2. The molecule has 4 bridgehead atoms. The van der Waals surface area contributed by atoms with Crippen molar-refractivity contribution < 1.29 is 9.59 Å². The highest BCUT2D eigenvalue weighted by atomic mass is 32.2. The van der Waals surface area contributed by atoms with E-state index >= 15 is 0 Å². The number of anilines is 1. The Kier molecular flexibility index (Phi) is 5.54. The number of amides is 2. The molecule has 1 heterocycles. The quantitative estimate of drug-likeness (QED) is 0.678. The normalized spacial score (nSPS) is 28.5. The van der Waals surface area contributed by atoms with Crippen molar-refractivity contribution in [2.75, 3.05) is 11.9 Å². The summed E-state index contributed by atoms with van der Waals surface area (Å²) in [4.78, 5) is 30.9. The maximum Gasteiger partial charge on any atom is 0.226 e. The van der Waals surface area contributed by atoms with Crippen LogP contribution in [0.2, 0.25) is 0 Å². The summed E-state index contributed by atoms with van der Waals surface area (Å²) in [5.74, 6) is 2.33. The first-order valence-corrected chi connectivity index (χ1v) is 12.1. The van der Waals surface area contributed by atoms with Gasteiger partial charge in [-0.3, -0.25) is 9.59 Å². The highest BCUT2D eigenvalue weighted by Crippen LogP contribution is 2.60. The van der Waals surface area contributed by atoms with Crippen LogP contribution in [0.4, 0.5) is 5.69 Å². The molecule has 0 radical (unpaired) electrons. The molecule has 0 atom stereocenters. The van der Waals surface area contributed by atoms with Crippen LogP contribution >= 0.6 is 11.8 Å². The topological polar surface area (TPSA) is 76.0 Å². The smallest absolute Gasteiger partial charge is 0.226 e. The van der Waals surface area contributed by atoms with Crippen LogP contribution in [0.3, 0.4) is 0 Å². The van der Waals surface area contributed by atoms with Crippen molar-refractivity contribution >= 4 is 29.3 Å². The first-order chi connectivity index (χ1) is 15.0. The fourth-order valence-corrected chi connectivity index (χ4v) is 7.18. The summed E-state index contributed by atoms with van der Waals surface area (Å²) in [6, 6.07) is 7.74. The Morgan fingerprint density at radius 1 is 1.13 bits per heavy atom. The minimum absolute atomic E-state index is 0.0845. The Morgan fingerprint density at radius 3 is 2.45 bits per heavy atom. The van der Waals surface area contributed by atoms with Crippen LogP contribution in [0.15, 0.2) is 46.7 Å². The van der Waals surface area contributed by atoms with Gasteiger partial charge in [0, 0.05) is 42.7 Å². The molecule has 0 unspecified atom stereocenters. The van der Waals surface area contributed by atoms with Gasteiger partial charge in [-0.25, -0.2) is 4.98 Å². The largest absolute Gasteiger partial charge is 0.355 e. The summed E-state index contributed by atoms with van der Waals surface area (Å²) in [5.41, 5.74) is 0.615. The number of imidazole rings is 1. The minimum atomic E-state index is -0.156. The molecule has 7 heteroatoms. The summed E-state index contributed by atoms with van der Waals surface area (Å²) in [7, 11) is 1.95. The first kappa shape index (κ1) is 20.6. The van der Waals surface area contributed by atoms with E-state index in [2.05, 4.69) is 15.6 Å². The number of benzene rings is 1. The van der Waals surface area contributed by atoms with Crippen molar-refractivity contribution in [2.45, 2.75) is 55.0 Å². The molecular weight excluding hydrogens is 408 g/mol. The molecule has 1 aromatic heterocycles. The molecule has 31 heavy (non-hydrogen) atoms. The van der Waals surface area contributed by atoms with Gasteiger partial charge in [-0.15, -0.1) is 0 Å². The Hall–Kier alpha value is -2.28. The summed E-state index contributed by atoms with van der Waals surface area (Å²) >= 11 is 1.52. The van der Waals surface area contributed by atoms with Crippen LogP contribution in [-0.2, 0) is 16.6 Å². The van der Waals surface area contributed by atoms with Crippen molar-refractivity contribution in [3.63, 3.8) is 0 Å². The third kappa shape index (κ3) is 4.25. The van der Waals surface area contributed by atoms with Crippen LogP contribution in [0.5, 0.6) is 0 Å². The number of hydrogen-bond donors (Lipinski definition) is 2. The van der Waals surface area contributed by atoms with Crippen LogP contribution in [0.25, 0.3) is 0 Å². The fourth-order valence-electron chi connectivity index (χ4n) is 6.29. The molecule has 2 amide bonds. The van der Waals surface area contributed by atoms with E-state index in [0.717, 1.165) is 52.8 Å². The standard InChI is InChI=1S/C24H30N4O2S/c1-28-9-8-26-23(28)31-20-5-3-2-4-19(20)27-21(29)6-7-25-22(30)24-13-16-10-17(14-24)12-18(11-16)15-24/h2-5,8-9,16-18H,6-7,10-15H2,1H3,(H,25,30)(H,27,29). The monoisotopic (exact) mass is 438 g/mol. The maximum absolute atomic E-state index is 13.0. The van der Waals surface area contributed by atoms with Crippen molar-refractivity contribution in [3.05, 3.63) is 36.7 Å². The number of nitrogens with zero attached hydrogens (tertiary/aromatic N) is 2. The van der Waals surface area contributed by atoms with Crippen molar-refractivity contribution in [3.8, 4) is 0 Å². The molecule has 6 rings (SSSR count). The second-order valence-corrected chi connectivity index (χ2v) is 10.7. The molecule has 1 aromatic carbocycles. The number of rotatable bonds is 7. The molecule has 164 valence electrons. The van der Waals surface area contributed by atoms with E-state index in [-0.39, 0.29) is 23.7 Å². The lowest BCUT2D eigenvalue weighted by Gasteiger charge is -2.55. The summed E-state index contributed by atoms with van der Waals surface area (Å²) in [6.45, 7) is 0.390. The average Bonchev–Trinajstić information content (AvgIpc) is 3.13. The third-order valence-corrected chi connectivity index (χ3v) is 8.45. The molecule has 0 spiro atoms. The van der Waals surface area contributed by atoms with Gasteiger partial charge in [0.25, 0.3) is 0 Å². The van der Waals surface area contributed by atoms with Crippen molar-refractivity contribution in [2.24, 2.45) is 30.2 Å². The number of aryl methyl sites for hydroxylation is 1. The van der Waals surface area contributed by atoms with Gasteiger partial charge < -0.3 is 15.2 Å². The zero-order valence-electron chi connectivity index (χ0n) is 18.0. The number of hydrogen-bond acceptors (Lipinski definition) is 4. The zero-order valence-corrected chi connectivity index (χ0v) is 18.8. The molecule has 4 saturated carbocycles. The zero-order chi connectivity index (χ0) is 21.4. The summed E-state index contributed by atoms with van der Waals surface area (Å²) in [5, 5.41) is 6.97. The van der Waals surface area contributed by atoms with E-state index in [1.807, 2.05) is 42.1 Å².